The van der Waals surface area contributed by atoms with Gasteiger partial charge in [0.25, 0.3) is 0 Å². The zero-order valence-electron chi connectivity index (χ0n) is 12.2. The van der Waals surface area contributed by atoms with Crippen molar-refractivity contribution in [2.45, 2.75) is 0 Å². The Bertz CT molecular complexity index is 694. The molecule has 0 aliphatic rings. The molecule has 0 fully saturated rings. The molecule has 114 valence electrons. The van der Waals surface area contributed by atoms with E-state index in [1.807, 2.05) is 0 Å². The Hall–Kier alpha value is -3.02. The van der Waals surface area contributed by atoms with Gasteiger partial charge in [-0.3, -0.25) is 4.79 Å². The van der Waals surface area contributed by atoms with Crippen molar-refractivity contribution in [2.75, 3.05) is 14.2 Å². The lowest BCUT2D eigenvalue weighted by atomic mass is 10.2. The third-order valence-corrected chi connectivity index (χ3v) is 2.97. The number of methoxy groups -OCH3 is 2. The summed E-state index contributed by atoms with van der Waals surface area (Å²) in [4.78, 5) is 23.1. The number of carbonyl (C=O) groups excluding carboxylic acids is 2. The number of ether oxygens (including phenoxy) is 3. The topological polar surface area (TPSA) is 87.9 Å². The van der Waals surface area contributed by atoms with Crippen LogP contribution in [-0.4, -0.2) is 26.1 Å². The molecular formula is C16H15NO5. The number of benzene rings is 2. The van der Waals surface area contributed by atoms with E-state index in [1.165, 1.54) is 44.6 Å². The number of nitrogens with two attached hydrogens (primary N) is 1. The van der Waals surface area contributed by atoms with Crippen molar-refractivity contribution in [1.29, 1.82) is 0 Å². The largest absolute Gasteiger partial charge is 0.493 e. The number of hydrogen-bond donors (Lipinski definition) is 1. The van der Waals surface area contributed by atoms with E-state index in [2.05, 4.69) is 0 Å². The van der Waals surface area contributed by atoms with Gasteiger partial charge >= 0.3 is 5.97 Å². The molecule has 0 atom stereocenters. The van der Waals surface area contributed by atoms with E-state index < -0.39 is 11.9 Å². The SMILES string of the molecule is COc1ccc(C(=O)Oc2ccc(C(N)=O)cc2)cc1OC. The first kappa shape index (κ1) is 15.4. The molecule has 0 aliphatic carbocycles. The molecule has 6 heteroatoms. The van der Waals surface area contributed by atoms with Crippen molar-refractivity contribution in [3.63, 3.8) is 0 Å². The van der Waals surface area contributed by atoms with Gasteiger partial charge < -0.3 is 19.9 Å². The molecule has 0 heterocycles. The normalized spacial score (nSPS) is 9.91. The van der Waals surface area contributed by atoms with Crippen LogP contribution in [-0.2, 0) is 0 Å². The molecule has 2 rings (SSSR count). The average molecular weight is 301 g/mol. The van der Waals surface area contributed by atoms with Gasteiger partial charge in [-0.05, 0) is 42.5 Å². The van der Waals surface area contributed by atoms with Crippen LogP contribution in [0, 0.1) is 0 Å². The molecule has 0 aliphatic heterocycles. The van der Waals surface area contributed by atoms with Crippen LogP contribution < -0.4 is 19.9 Å². The predicted octanol–water partition coefficient (Wildman–Crippen LogP) is 2.02. The zero-order valence-corrected chi connectivity index (χ0v) is 12.2. The van der Waals surface area contributed by atoms with Crippen molar-refractivity contribution in [3.8, 4) is 17.2 Å². The summed E-state index contributed by atoms with van der Waals surface area (Å²) in [5.74, 6) is 0.168. The maximum absolute atomic E-state index is 12.1. The summed E-state index contributed by atoms with van der Waals surface area (Å²) in [7, 11) is 2.99. The van der Waals surface area contributed by atoms with Crippen molar-refractivity contribution < 1.29 is 23.8 Å². The number of primary amides is 1. The summed E-state index contributed by atoms with van der Waals surface area (Å²) in [6.45, 7) is 0. The Kier molecular flexibility index (Phi) is 4.63. The fraction of sp³-hybridized carbons (Fsp3) is 0.125. The first-order chi connectivity index (χ1) is 10.5. The second-order valence-electron chi connectivity index (χ2n) is 4.35. The minimum atomic E-state index is -0.548. The first-order valence-corrected chi connectivity index (χ1v) is 6.39. The van der Waals surface area contributed by atoms with E-state index >= 15 is 0 Å². The Labute approximate surface area is 127 Å². The Morgan fingerprint density at radius 3 is 2.00 bits per heavy atom. The third kappa shape index (κ3) is 3.35. The van der Waals surface area contributed by atoms with Crippen LogP contribution in [0.25, 0.3) is 0 Å². The van der Waals surface area contributed by atoms with Gasteiger partial charge in [0.05, 0.1) is 19.8 Å². The van der Waals surface area contributed by atoms with Gasteiger partial charge in [-0.15, -0.1) is 0 Å². The molecule has 22 heavy (non-hydrogen) atoms. The highest BCUT2D eigenvalue weighted by Gasteiger charge is 2.13. The van der Waals surface area contributed by atoms with Gasteiger partial charge in [0.1, 0.15) is 5.75 Å². The van der Waals surface area contributed by atoms with Gasteiger partial charge in [0.2, 0.25) is 5.91 Å². The van der Waals surface area contributed by atoms with Crippen LogP contribution in [0.2, 0.25) is 0 Å². The van der Waals surface area contributed by atoms with E-state index in [0.717, 1.165) is 0 Å². The first-order valence-electron chi connectivity index (χ1n) is 6.39. The molecular weight excluding hydrogens is 286 g/mol. The summed E-state index contributed by atoms with van der Waals surface area (Å²) in [5.41, 5.74) is 5.80. The van der Waals surface area contributed by atoms with E-state index in [0.29, 0.717) is 28.4 Å². The number of rotatable bonds is 5. The van der Waals surface area contributed by atoms with Crippen molar-refractivity contribution in [2.24, 2.45) is 5.73 Å². The zero-order chi connectivity index (χ0) is 16.1. The van der Waals surface area contributed by atoms with Gasteiger partial charge in [0, 0.05) is 5.56 Å². The number of carbonyl (C=O) groups is 2. The van der Waals surface area contributed by atoms with E-state index in [9.17, 15) is 9.59 Å². The van der Waals surface area contributed by atoms with Crippen LogP contribution in [0.15, 0.2) is 42.5 Å². The molecule has 2 aromatic carbocycles. The molecule has 0 spiro atoms. The second-order valence-corrected chi connectivity index (χ2v) is 4.35. The highest BCUT2D eigenvalue weighted by Crippen LogP contribution is 2.28. The lowest BCUT2D eigenvalue weighted by Crippen LogP contribution is -2.11. The van der Waals surface area contributed by atoms with Crippen LogP contribution in [0.3, 0.4) is 0 Å². The fourth-order valence-electron chi connectivity index (χ4n) is 1.82. The predicted molar refractivity (Wildman–Crippen MR) is 79.5 cm³/mol. The van der Waals surface area contributed by atoms with Crippen LogP contribution in [0.5, 0.6) is 17.2 Å². The molecule has 0 bridgehead atoms. The summed E-state index contributed by atoms with van der Waals surface area (Å²) < 4.78 is 15.5. The highest BCUT2D eigenvalue weighted by atomic mass is 16.5. The molecule has 2 N–H and O–H groups in total. The lowest BCUT2D eigenvalue weighted by Gasteiger charge is -2.09. The van der Waals surface area contributed by atoms with Crippen molar-refractivity contribution in [3.05, 3.63) is 53.6 Å². The molecule has 6 nitrogen and oxygen atoms in total. The van der Waals surface area contributed by atoms with Crippen LogP contribution >= 0.6 is 0 Å². The van der Waals surface area contributed by atoms with Crippen LogP contribution in [0.4, 0.5) is 0 Å². The average Bonchev–Trinajstić information content (AvgIpc) is 2.54. The highest BCUT2D eigenvalue weighted by molar-refractivity contribution is 5.93. The fourth-order valence-corrected chi connectivity index (χ4v) is 1.82. The summed E-state index contributed by atoms with van der Waals surface area (Å²) in [6, 6.07) is 10.7. The number of esters is 1. The van der Waals surface area contributed by atoms with Gasteiger partial charge in [-0.2, -0.15) is 0 Å². The second kappa shape index (κ2) is 6.62. The standard InChI is InChI=1S/C16H15NO5/c1-20-13-8-5-11(9-14(13)21-2)16(19)22-12-6-3-10(4-7-12)15(17)18/h3-9H,1-2H3,(H2,17,18). The molecule has 2 aromatic rings. The quantitative estimate of drug-likeness (QED) is 0.674. The third-order valence-electron chi connectivity index (χ3n) is 2.97. The minimum absolute atomic E-state index is 0.310. The minimum Gasteiger partial charge on any atom is -0.493 e. The maximum atomic E-state index is 12.1. The Morgan fingerprint density at radius 1 is 0.864 bits per heavy atom. The smallest absolute Gasteiger partial charge is 0.343 e. The summed E-state index contributed by atoms with van der Waals surface area (Å²) in [5, 5.41) is 0. The monoisotopic (exact) mass is 301 g/mol. The van der Waals surface area contributed by atoms with E-state index in [1.54, 1.807) is 12.1 Å². The Morgan fingerprint density at radius 2 is 1.45 bits per heavy atom. The molecule has 1 amide bonds. The summed E-state index contributed by atoms with van der Waals surface area (Å²) in [6.07, 6.45) is 0. The van der Waals surface area contributed by atoms with Gasteiger partial charge in [0.15, 0.2) is 11.5 Å². The van der Waals surface area contributed by atoms with Gasteiger partial charge in [-0.25, -0.2) is 4.79 Å². The molecule has 0 aromatic heterocycles. The number of hydrogen-bond acceptors (Lipinski definition) is 5. The van der Waals surface area contributed by atoms with Gasteiger partial charge in [-0.1, -0.05) is 0 Å². The summed E-state index contributed by atoms with van der Waals surface area (Å²) >= 11 is 0. The van der Waals surface area contributed by atoms with Crippen LogP contribution in [0.1, 0.15) is 20.7 Å². The lowest BCUT2D eigenvalue weighted by molar-refractivity contribution is 0.0734. The molecule has 0 radical (unpaired) electrons. The van der Waals surface area contributed by atoms with E-state index in [-0.39, 0.29) is 0 Å². The molecule has 0 unspecified atom stereocenters. The van der Waals surface area contributed by atoms with Crippen molar-refractivity contribution in [1.82, 2.24) is 0 Å². The molecule has 0 saturated heterocycles. The molecule has 0 saturated carbocycles. The number of amides is 1. The Balaban J connectivity index is 2.16. The van der Waals surface area contributed by atoms with Crippen molar-refractivity contribution >= 4 is 11.9 Å². The maximum Gasteiger partial charge on any atom is 0.343 e. The van der Waals surface area contributed by atoms with E-state index in [4.69, 9.17) is 19.9 Å².